The molecule has 7 heteroatoms. The number of thiazole rings is 1. The zero-order chi connectivity index (χ0) is 21.8. The predicted octanol–water partition coefficient (Wildman–Crippen LogP) is 4.98. The number of amides is 1. The second-order valence-electron chi connectivity index (χ2n) is 7.40. The van der Waals surface area contributed by atoms with Crippen LogP contribution < -0.4 is 14.9 Å². The number of rotatable bonds is 7. The van der Waals surface area contributed by atoms with Crippen LogP contribution in [0.3, 0.4) is 0 Å². The van der Waals surface area contributed by atoms with Crippen LogP contribution in [0.4, 0.5) is 0 Å². The molecule has 0 fully saturated rings. The number of hydrogen-bond acceptors (Lipinski definition) is 4. The molecular formula is C23H25ClN2O3S. The average Bonchev–Trinajstić information content (AvgIpc) is 3.01. The minimum Gasteiger partial charge on any atom is -0.496 e. The van der Waals surface area contributed by atoms with Crippen molar-refractivity contribution in [2.24, 2.45) is 0 Å². The molecule has 0 atom stereocenters. The summed E-state index contributed by atoms with van der Waals surface area (Å²) in [6, 6.07) is 13.4. The van der Waals surface area contributed by atoms with Gasteiger partial charge in [-0.3, -0.25) is 14.2 Å². The van der Waals surface area contributed by atoms with Gasteiger partial charge in [0, 0.05) is 22.8 Å². The molecule has 1 aromatic heterocycles. The SMILES string of the molecule is COc1ccc(Cl)cc1Cn1c(C)c(C(=O)NCc2ccc(C(C)C)cc2)sc1=O. The standard InChI is InChI=1S/C23H25ClN2O3S/c1-14(2)17-7-5-16(6-8-17)12-25-22(27)21-15(3)26(23(28)30-21)13-18-11-19(24)9-10-20(18)29-4/h5-11,14H,12-13H2,1-4H3,(H,25,27). The van der Waals surface area contributed by atoms with Gasteiger partial charge in [0.05, 0.1) is 13.7 Å². The van der Waals surface area contributed by atoms with E-state index in [0.717, 1.165) is 22.5 Å². The van der Waals surface area contributed by atoms with Crippen molar-refractivity contribution < 1.29 is 9.53 Å². The van der Waals surface area contributed by atoms with Crippen molar-refractivity contribution in [3.05, 3.63) is 84.4 Å². The van der Waals surface area contributed by atoms with Gasteiger partial charge in [0.25, 0.3) is 5.91 Å². The molecule has 0 aliphatic heterocycles. The first-order chi connectivity index (χ1) is 14.3. The molecule has 1 N–H and O–H groups in total. The van der Waals surface area contributed by atoms with Gasteiger partial charge in [-0.2, -0.15) is 0 Å². The van der Waals surface area contributed by atoms with E-state index in [2.05, 4.69) is 31.3 Å². The summed E-state index contributed by atoms with van der Waals surface area (Å²) in [5.41, 5.74) is 3.68. The van der Waals surface area contributed by atoms with Gasteiger partial charge in [0.15, 0.2) is 0 Å². The summed E-state index contributed by atoms with van der Waals surface area (Å²) in [4.78, 5) is 25.5. The zero-order valence-corrected chi connectivity index (χ0v) is 19.1. The van der Waals surface area contributed by atoms with E-state index in [9.17, 15) is 9.59 Å². The largest absolute Gasteiger partial charge is 0.496 e. The number of ether oxygens (including phenoxy) is 1. The number of hydrogen-bond donors (Lipinski definition) is 1. The maximum Gasteiger partial charge on any atom is 0.308 e. The first-order valence-electron chi connectivity index (χ1n) is 9.69. The Kier molecular flexibility index (Phi) is 7.00. The molecule has 0 spiro atoms. The van der Waals surface area contributed by atoms with Crippen LogP contribution in [0.25, 0.3) is 0 Å². The topological polar surface area (TPSA) is 60.3 Å². The van der Waals surface area contributed by atoms with E-state index in [4.69, 9.17) is 16.3 Å². The van der Waals surface area contributed by atoms with Crippen LogP contribution >= 0.6 is 22.9 Å². The first kappa shape index (κ1) is 22.1. The first-order valence-corrected chi connectivity index (χ1v) is 10.9. The van der Waals surface area contributed by atoms with E-state index in [1.807, 2.05) is 12.1 Å². The molecule has 30 heavy (non-hydrogen) atoms. The number of nitrogens with zero attached hydrogens (tertiary/aromatic N) is 1. The molecule has 0 saturated carbocycles. The van der Waals surface area contributed by atoms with Crippen molar-refractivity contribution in [1.29, 1.82) is 0 Å². The minimum atomic E-state index is -0.251. The van der Waals surface area contributed by atoms with Crippen LogP contribution in [0, 0.1) is 6.92 Å². The second-order valence-corrected chi connectivity index (χ2v) is 8.80. The molecule has 158 valence electrons. The highest BCUT2D eigenvalue weighted by atomic mass is 35.5. The number of carbonyl (C=O) groups is 1. The van der Waals surface area contributed by atoms with Gasteiger partial charge in [0.2, 0.25) is 0 Å². The number of benzene rings is 2. The van der Waals surface area contributed by atoms with E-state index in [1.54, 1.807) is 36.8 Å². The number of methoxy groups -OCH3 is 1. The summed E-state index contributed by atoms with van der Waals surface area (Å²) in [6.07, 6.45) is 0. The molecule has 5 nitrogen and oxygen atoms in total. The Morgan fingerprint density at radius 2 is 1.90 bits per heavy atom. The molecule has 0 bridgehead atoms. The van der Waals surface area contributed by atoms with Crippen molar-refractivity contribution >= 4 is 28.8 Å². The van der Waals surface area contributed by atoms with Gasteiger partial charge in [0.1, 0.15) is 10.6 Å². The van der Waals surface area contributed by atoms with Crippen LogP contribution in [-0.2, 0) is 13.1 Å². The Morgan fingerprint density at radius 3 is 2.53 bits per heavy atom. The molecule has 0 aliphatic rings. The third-order valence-electron chi connectivity index (χ3n) is 5.02. The molecule has 0 aliphatic carbocycles. The molecule has 2 aromatic carbocycles. The molecule has 1 amide bonds. The van der Waals surface area contributed by atoms with Gasteiger partial charge >= 0.3 is 4.87 Å². The average molecular weight is 445 g/mol. The minimum absolute atomic E-state index is 0.194. The maximum absolute atomic E-state index is 12.7. The highest BCUT2D eigenvalue weighted by molar-refractivity contribution is 7.11. The Bertz CT molecular complexity index is 1100. The van der Waals surface area contributed by atoms with Gasteiger partial charge in [-0.1, -0.05) is 61.1 Å². The number of carbonyl (C=O) groups excluding carboxylic acids is 1. The van der Waals surface area contributed by atoms with Gasteiger partial charge in [-0.25, -0.2) is 0 Å². The molecule has 0 saturated heterocycles. The lowest BCUT2D eigenvalue weighted by Gasteiger charge is -2.11. The predicted molar refractivity (Wildman–Crippen MR) is 122 cm³/mol. The molecular weight excluding hydrogens is 420 g/mol. The molecule has 0 radical (unpaired) electrons. The molecule has 3 rings (SSSR count). The normalized spacial score (nSPS) is 11.0. The fraction of sp³-hybridized carbons (Fsp3) is 0.304. The molecule has 0 unspecified atom stereocenters. The number of aromatic nitrogens is 1. The fourth-order valence-corrected chi connectivity index (χ4v) is 4.30. The molecule has 1 heterocycles. The molecule has 3 aromatic rings. The van der Waals surface area contributed by atoms with Crippen LogP contribution in [0.1, 0.15) is 51.8 Å². The van der Waals surface area contributed by atoms with Gasteiger partial charge < -0.3 is 10.1 Å². The second kappa shape index (κ2) is 9.49. The van der Waals surface area contributed by atoms with Crippen LogP contribution in [-0.4, -0.2) is 17.6 Å². The van der Waals surface area contributed by atoms with E-state index >= 15 is 0 Å². The lowest BCUT2D eigenvalue weighted by molar-refractivity contribution is 0.0954. The quantitative estimate of drug-likeness (QED) is 0.559. The zero-order valence-electron chi connectivity index (χ0n) is 17.5. The van der Waals surface area contributed by atoms with E-state index < -0.39 is 0 Å². The van der Waals surface area contributed by atoms with Gasteiger partial charge in [-0.15, -0.1) is 0 Å². The summed E-state index contributed by atoms with van der Waals surface area (Å²) >= 11 is 7.05. The van der Waals surface area contributed by atoms with E-state index in [-0.39, 0.29) is 17.3 Å². The Morgan fingerprint density at radius 1 is 1.20 bits per heavy atom. The summed E-state index contributed by atoms with van der Waals surface area (Å²) in [7, 11) is 1.57. The third kappa shape index (κ3) is 4.94. The van der Waals surface area contributed by atoms with Crippen molar-refractivity contribution in [3.8, 4) is 5.75 Å². The monoisotopic (exact) mass is 444 g/mol. The summed E-state index contributed by atoms with van der Waals surface area (Å²) in [6.45, 7) is 6.76. The Hall–Kier alpha value is -2.57. The number of halogens is 1. The van der Waals surface area contributed by atoms with Crippen molar-refractivity contribution in [2.75, 3.05) is 7.11 Å². The van der Waals surface area contributed by atoms with E-state index in [1.165, 1.54) is 5.56 Å². The Balaban J connectivity index is 1.75. The maximum atomic E-state index is 12.7. The smallest absolute Gasteiger partial charge is 0.308 e. The van der Waals surface area contributed by atoms with Crippen molar-refractivity contribution in [2.45, 2.75) is 39.8 Å². The fourth-order valence-electron chi connectivity index (χ4n) is 3.19. The van der Waals surface area contributed by atoms with Crippen LogP contribution in [0.2, 0.25) is 5.02 Å². The lowest BCUT2D eigenvalue weighted by Crippen LogP contribution is -2.23. The summed E-state index contributed by atoms with van der Waals surface area (Å²) < 4.78 is 6.94. The van der Waals surface area contributed by atoms with Crippen molar-refractivity contribution in [1.82, 2.24) is 9.88 Å². The third-order valence-corrected chi connectivity index (χ3v) is 6.33. The highest BCUT2D eigenvalue weighted by Crippen LogP contribution is 2.24. The summed E-state index contributed by atoms with van der Waals surface area (Å²) in [5.74, 6) is 0.860. The highest BCUT2D eigenvalue weighted by Gasteiger charge is 2.19. The lowest BCUT2D eigenvalue weighted by atomic mass is 10.0. The Labute approximate surface area is 185 Å². The van der Waals surface area contributed by atoms with Crippen LogP contribution in [0.5, 0.6) is 5.75 Å². The number of nitrogens with one attached hydrogen (secondary N) is 1. The van der Waals surface area contributed by atoms with E-state index in [0.29, 0.717) is 33.8 Å². The van der Waals surface area contributed by atoms with Gasteiger partial charge in [-0.05, 0) is 42.2 Å². The van der Waals surface area contributed by atoms with Crippen molar-refractivity contribution in [3.63, 3.8) is 0 Å². The summed E-state index contributed by atoms with van der Waals surface area (Å²) in [5, 5.41) is 3.48. The van der Waals surface area contributed by atoms with Crippen LogP contribution in [0.15, 0.2) is 47.3 Å².